The van der Waals surface area contributed by atoms with E-state index in [1.54, 1.807) is 21.3 Å². The topological polar surface area (TPSA) is 51.2 Å². The van der Waals surface area contributed by atoms with E-state index in [1.165, 1.54) is 11.1 Å². The summed E-state index contributed by atoms with van der Waals surface area (Å²) in [7, 11) is 7.16. The molecule has 3 rings (SSSR count). The number of aryl methyl sites for hydroxylation is 1. The second kappa shape index (κ2) is 13.3. The molecule has 0 aromatic heterocycles. The highest BCUT2D eigenvalue weighted by atomic mass is 35.5. The fourth-order valence-electron chi connectivity index (χ4n) is 4.26. The molecule has 0 unspecified atom stereocenters. The van der Waals surface area contributed by atoms with Gasteiger partial charge in [-0.1, -0.05) is 12.1 Å². The Hall–Kier alpha value is -2.44. The van der Waals surface area contributed by atoms with Crippen LogP contribution in [-0.2, 0) is 24.1 Å². The van der Waals surface area contributed by atoms with E-state index in [2.05, 4.69) is 30.1 Å². The third-order valence-corrected chi connectivity index (χ3v) is 6.18. The lowest BCUT2D eigenvalue weighted by molar-refractivity contribution is -0.130. The molecule has 0 saturated heterocycles. The van der Waals surface area contributed by atoms with Crippen molar-refractivity contribution in [2.24, 2.45) is 0 Å². The van der Waals surface area contributed by atoms with Crippen molar-refractivity contribution in [2.45, 2.75) is 32.1 Å². The monoisotopic (exact) mass is 476 g/mol. The highest BCUT2D eigenvalue weighted by Crippen LogP contribution is 2.28. The summed E-state index contributed by atoms with van der Waals surface area (Å²) in [4.78, 5) is 17.1. The normalized spacial score (nSPS) is 13.2. The third kappa shape index (κ3) is 7.54. The molecule has 0 spiro atoms. The zero-order valence-electron chi connectivity index (χ0n) is 20.3. The summed E-state index contributed by atoms with van der Waals surface area (Å²) in [5.74, 6) is 2.63. The van der Waals surface area contributed by atoms with Crippen LogP contribution in [0.15, 0.2) is 36.4 Å². The second-order valence-corrected chi connectivity index (χ2v) is 8.39. The van der Waals surface area contributed by atoms with Crippen molar-refractivity contribution in [3.8, 4) is 17.2 Å². The number of rotatable bonds is 11. The zero-order valence-corrected chi connectivity index (χ0v) is 21.1. The molecule has 1 aliphatic rings. The lowest BCUT2D eigenvalue weighted by Crippen LogP contribution is -2.35. The molecule has 0 bridgehead atoms. The first kappa shape index (κ1) is 26.8. The molecule has 0 atom stereocenters. The van der Waals surface area contributed by atoms with Crippen LogP contribution in [-0.4, -0.2) is 70.3 Å². The Bertz CT molecular complexity index is 906. The van der Waals surface area contributed by atoms with Gasteiger partial charge in [0.1, 0.15) is 5.75 Å². The number of carbonyl (C=O) groups is 1. The predicted molar refractivity (Wildman–Crippen MR) is 134 cm³/mol. The molecular weight excluding hydrogens is 440 g/mol. The van der Waals surface area contributed by atoms with Crippen LogP contribution in [0.4, 0.5) is 0 Å². The Balaban J connectivity index is 0.00000385. The first-order chi connectivity index (χ1) is 15.5. The van der Waals surface area contributed by atoms with Crippen LogP contribution >= 0.6 is 12.4 Å². The average molecular weight is 477 g/mol. The number of ether oxygens (including phenoxy) is 3. The number of fused-ring (bicyclic) bond motifs is 1. The summed E-state index contributed by atoms with van der Waals surface area (Å²) >= 11 is 0. The van der Waals surface area contributed by atoms with Crippen LogP contribution in [0.2, 0.25) is 0 Å². The minimum absolute atomic E-state index is 0. The maximum Gasteiger partial charge on any atom is 0.227 e. The minimum atomic E-state index is 0. The predicted octanol–water partition coefficient (Wildman–Crippen LogP) is 4.02. The Kier molecular flexibility index (Phi) is 10.8. The van der Waals surface area contributed by atoms with E-state index in [0.717, 1.165) is 74.7 Å². The molecule has 1 heterocycles. The Morgan fingerprint density at radius 2 is 1.67 bits per heavy atom. The number of nitrogens with zero attached hydrogens (tertiary/aromatic N) is 2. The Labute approximate surface area is 204 Å². The molecule has 7 heteroatoms. The van der Waals surface area contributed by atoms with Gasteiger partial charge in [0.15, 0.2) is 11.5 Å². The zero-order chi connectivity index (χ0) is 22.9. The van der Waals surface area contributed by atoms with Gasteiger partial charge >= 0.3 is 0 Å². The van der Waals surface area contributed by atoms with Crippen molar-refractivity contribution in [1.29, 1.82) is 0 Å². The summed E-state index contributed by atoms with van der Waals surface area (Å²) in [6.45, 7) is 3.59. The highest BCUT2D eigenvalue weighted by molar-refractivity contribution is 5.85. The molecule has 1 amide bonds. The molecule has 6 nitrogen and oxygen atoms in total. The molecule has 0 N–H and O–H groups in total. The smallest absolute Gasteiger partial charge is 0.227 e. The van der Waals surface area contributed by atoms with Crippen LogP contribution in [0.1, 0.15) is 29.5 Å². The van der Waals surface area contributed by atoms with Gasteiger partial charge in [0, 0.05) is 13.1 Å². The number of methoxy groups -OCH3 is 3. The number of amides is 1. The SMILES string of the molecule is COc1ccc2c(c1)CCN(CCCN(C)CCCc1ccc(OC)c(OC)c1)C(=O)C2.Cl. The van der Waals surface area contributed by atoms with Gasteiger partial charge in [0.2, 0.25) is 5.91 Å². The van der Waals surface area contributed by atoms with Gasteiger partial charge in [0.05, 0.1) is 27.8 Å². The van der Waals surface area contributed by atoms with Crippen molar-refractivity contribution in [3.63, 3.8) is 0 Å². The molecule has 1 aliphatic heterocycles. The maximum absolute atomic E-state index is 12.7. The first-order valence-corrected chi connectivity index (χ1v) is 11.4. The van der Waals surface area contributed by atoms with E-state index in [9.17, 15) is 4.79 Å². The average Bonchev–Trinajstić information content (AvgIpc) is 2.96. The summed E-state index contributed by atoms with van der Waals surface area (Å²) in [6.07, 6.45) is 4.43. The van der Waals surface area contributed by atoms with Crippen LogP contribution in [0.25, 0.3) is 0 Å². The molecule has 2 aromatic carbocycles. The van der Waals surface area contributed by atoms with Gasteiger partial charge in [-0.2, -0.15) is 0 Å². The lowest BCUT2D eigenvalue weighted by Gasteiger charge is -2.23. The quantitative estimate of drug-likeness (QED) is 0.490. The fourth-order valence-corrected chi connectivity index (χ4v) is 4.26. The molecule has 0 aliphatic carbocycles. The standard InChI is InChI=1S/C26H36N2O4.ClH/c1-27(13-5-7-20-8-11-24(31-3)25(17-20)32-4)14-6-15-28-16-12-22-18-23(30-2)10-9-21(22)19-26(28)29;/h8-11,17-18H,5-7,12-16,19H2,1-4H3;1H. The first-order valence-electron chi connectivity index (χ1n) is 11.4. The van der Waals surface area contributed by atoms with Gasteiger partial charge in [-0.25, -0.2) is 0 Å². The van der Waals surface area contributed by atoms with Crippen molar-refractivity contribution in [2.75, 3.05) is 54.6 Å². The second-order valence-electron chi connectivity index (χ2n) is 8.39. The van der Waals surface area contributed by atoms with E-state index >= 15 is 0 Å². The number of hydrogen-bond acceptors (Lipinski definition) is 5. The van der Waals surface area contributed by atoms with Crippen molar-refractivity contribution < 1.29 is 19.0 Å². The molecule has 0 saturated carbocycles. The van der Waals surface area contributed by atoms with Crippen molar-refractivity contribution >= 4 is 18.3 Å². The molecule has 182 valence electrons. The van der Waals surface area contributed by atoms with Gasteiger partial charge in [-0.15, -0.1) is 12.4 Å². The lowest BCUT2D eigenvalue weighted by atomic mass is 10.0. The number of benzene rings is 2. The fraction of sp³-hybridized carbons (Fsp3) is 0.500. The molecule has 2 aromatic rings. The third-order valence-electron chi connectivity index (χ3n) is 6.18. The number of halogens is 1. The van der Waals surface area contributed by atoms with Gasteiger partial charge < -0.3 is 24.0 Å². The van der Waals surface area contributed by atoms with Crippen LogP contribution in [0.3, 0.4) is 0 Å². The minimum Gasteiger partial charge on any atom is -0.497 e. The maximum atomic E-state index is 12.7. The summed E-state index contributed by atoms with van der Waals surface area (Å²) < 4.78 is 16.0. The number of carbonyl (C=O) groups excluding carboxylic acids is 1. The van der Waals surface area contributed by atoms with E-state index in [4.69, 9.17) is 14.2 Å². The molecule has 33 heavy (non-hydrogen) atoms. The van der Waals surface area contributed by atoms with Crippen LogP contribution in [0.5, 0.6) is 17.2 Å². The van der Waals surface area contributed by atoms with Gasteiger partial charge in [-0.05, 0) is 86.8 Å². The van der Waals surface area contributed by atoms with Gasteiger partial charge in [-0.3, -0.25) is 4.79 Å². The van der Waals surface area contributed by atoms with Gasteiger partial charge in [0.25, 0.3) is 0 Å². The van der Waals surface area contributed by atoms with Crippen LogP contribution in [0, 0.1) is 0 Å². The van der Waals surface area contributed by atoms with E-state index < -0.39 is 0 Å². The Morgan fingerprint density at radius 1 is 0.909 bits per heavy atom. The van der Waals surface area contributed by atoms with Crippen molar-refractivity contribution in [1.82, 2.24) is 9.80 Å². The number of hydrogen-bond donors (Lipinski definition) is 0. The van der Waals surface area contributed by atoms with E-state index in [-0.39, 0.29) is 18.3 Å². The summed E-state index contributed by atoms with van der Waals surface area (Å²) in [5.41, 5.74) is 3.61. The summed E-state index contributed by atoms with van der Waals surface area (Å²) in [6, 6.07) is 12.2. The summed E-state index contributed by atoms with van der Waals surface area (Å²) in [5, 5.41) is 0. The van der Waals surface area contributed by atoms with E-state index in [0.29, 0.717) is 6.42 Å². The largest absolute Gasteiger partial charge is 0.497 e. The van der Waals surface area contributed by atoms with Crippen molar-refractivity contribution in [3.05, 3.63) is 53.1 Å². The Morgan fingerprint density at radius 3 is 2.39 bits per heavy atom. The van der Waals surface area contributed by atoms with E-state index in [1.807, 2.05) is 23.1 Å². The molecule has 0 fully saturated rings. The highest BCUT2D eigenvalue weighted by Gasteiger charge is 2.20. The molecular formula is C26H37ClN2O4. The molecule has 0 radical (unpaired) electrons. The van der Waals surface area contributed by atoms with Crippen LogP contribution < -0.4 is 14.2 Å².